The Morgan fingerprint density at radius 3 is 2.44 bits per heavy atom. The number of hydrogen-bond donors (Lipinski definition) is 1. The normalized spacial score (nSPS) is 14.4. The molecule has 0 bridgehead atoms. The third-order valence-electron chi connectivity index (χ3n) is 3.07. The molecule has 1 aromatic rings. The lowest BCUT2D eigenvalue weighted by atomic mass is 9.78. The molecule has 0 amide bonds. The Bertz CT molecular complexity index is 322. The molecule has 0 saturated heterocycles. The number of hydrogen-bond acceptors (Lipinski definition) is 3. The van der Waals surface area contributed by atoms with E-state index >= 15 is 0 Å². The van der Waals surface area contributed by atoms with E-state index < -0.39 is 0 Å². The molecule has 1 unspecified atom stereocenters. The van der Waals surface area contributed by atoms with Gasteiger partial charge in [-0.05, 0) is 31.7 Å². The van der Waals surface area contributed by atoms with Gasteiger partial charge in [0.2, 0.25) is 0 Å². The first-order valence-corrected chi connectivity index (χ1v) is 5.94. The Morgan fingerprint density at radius 1 is 1.38 bits per heavy atom. The summed E-state index contributed by atoms with van der Waals surface area (Å²) in [6, 6.07) is 0.357. The summed E-state index contributed by atoms with van der Waals surface area (Å²) in [6.45, 7) is 11.6. The fraction of sp³-hybridized carbons (Fsp3) is 0.833. The minimum absolute atomic E-state index is 0.211. The van der Waals surface area contributed by atoms with Crippen molar-refractivity contribution in [2.75, 3.05) is 6.54 Å². The molecule has 1 heterocycles. The third-order valence-corrected chi connectivity index (χ3v) is 3.07. The van der Waals surface area contributed by atoms with E-state index in [1.54, 1.807) is 6.33 Å². The lowest BCUT2D eigenvalue weighted by Gasteiger charge is -2.29. The van der Waals surface area contributed by atoms with Gasteiger partial charge in [0.1, 0.15) is 12.2 Å². The SMILES string of the molecule is CC(C)n1ncnc1CC(CN)C(C)(C)C. The maximum Gasteiger partial charge on any atom is 0.138 e. The molecule has 1 rings (SSSR count). The van der Waals surface area contributed by atoms with Crippen LogP contribution in [0.5, 0.6) is 0 Å². The topological polar surface area (TPSA) is 56.7 Å². The summed E-state index contributed by atoms with van der Waals surface area (Å²) in [5.41, 5.74) is 6.06. The van der Waals surface area contributed by atoms with E-state index in [4.69, 9.17) is 5.73 Å². The van der Waals surface area contributed by atoms with Crippen LogP contribution in [0.3, 0.4) is 0 Å². The lowest BCUT2D eigenvalue weighted by Crippen LogP contribution is -2.31. The number of nitrogens with two attached hydrogens (primary N) is 1. The maximum absolute atomic E-state index is 5.84. The van der Waals surface area contributed by atoms with E-state index in [1.807, 2.05) is 4.68 Å². The third kappa shape index (κ3) is 3.04. The van der Waals surface area contributed by atoms with Gasteiger partial charge >= 0.3 is 0 Å². The lowest BCUT2D eigenvalue weighted by molar-refractivity contribution is 0.238. The van der Waals surface area contributed by atoms with Gasteiger partial charge in [0.15, 0.2) is 0 Å². The first kappa shape index (κ1) is 13.2. The van der Waals surface area contributed by atoms with Crippen molar-refractivity contribution in [3.63, 3.8) is 0 Å². The standard InChI is InChI=1S/C12H24N4/c1-9(2)16-11(14-8-15-16)6-10(7-13)12(3,4)5/h8-10H,6-7,13H2,1-5H3. The molecule has 0 aromatic carbocycles. The van der Waals surface area contributed by atoms with Crippen LogP contribution in [0.1, 0.15) is 46.5 Å². The maximum atomic E-state index is 5.84. The summed E-state index contributed by atoms with van der Waals surface area (Å²) in [4.78, 5) is 4.34. The van der Waals surface area contributed by atoms with Crippen molar-refractivity contribution < 1.29 is 0 Å². The average molecular weight is 224 g/mol. The summed E-state index contributed by atoms with van der Waals surface area (Å²) in [7, 11) is 0. The first-order chi connectivity index (χ1) is 7.36. The van der Waals surface area contributed by atoms with Gasteiger partial charge in [-0.15, -0.1) is 0 Å². The molecule has 92 valence electrons. The highest BCUT2D eigenvalue weighted by atomic mass is 15.3. The molecule has 4 heteroatoms. The fourth-order valence-corrected chi connectivity index (χ4v) is 1.81. The predicted octanol–water partition coefficient (Wildman–Crippen LogP) is 2.02. The highest BCUT2D eigenvalue weighted by Gasteiger charge is 2.25. The van der Waals surface area contributed by atoms with Gasteiger partial charge in [-0.2, -0.15) is 5.10 Å². The van der Waals surface area contributed by atoms with Crippen LogP contribution in [-0.4, -0.2) is 21.3 Å². The van der Waals surface area contributed by atoms with Crippen LogP contribution in [0.25, 0.3) is 0 Å². The summed E-state index contributed by atoms with van der Waals surface area (Å²) >= 11 is 0. The van der Waals surface area contributed by atoms with Crippen molar-refractivity contribution in [3.05, 3.63) is 12.2 Å². The average Bonchev–Trinajstić information content (AvgIpc) is 2.59. The first-order valence-electron chi connectivity index (χ1n) is 5.94. The van der Waals surface area contributed by atoms with Crippen LogP contribution in [-0.2, 0) is 6.42 Å². The second-order valence-corrected chi connectivity index (χ2v) is 5.72. The van der Waals surface area contributed by atoms with Crippen molar-refractivity contribution in [2.24, 2.45) is 17.1 Å². The van der Waals surface area contributed by atoms with E-state index in [0.717, 1.165) is 12.2 Å². The molecule has 0 aliphatic heterocycles. The Morgan fingerprint density at radius 2 is 2.00 bits per heavy atom. The second kappa shape index (κ2) is 4.95. The van der Waals surface area contributed by atoms with Gasteiger partial charge in [0.05, 0.1) is 0 Å². The van der Waals surface area contributed by atoms with E-state index in [0.29, 0.717) is 18.5 Å². The fourth-order valence-electron chi connectivity index (χ4n) is 1.81. The van der Waals surface area contributed by atoms with Crippen LogP contribution >= 0.6 is 0 Å². The van der Waals surface area contributed by atoms with Gasteiger partial charge in [-0.3, -0.25) is 0 Å². The van der Waals surface area contributed by atoms with E-state index in [9.17, 15) is 0 Å². The molecule has 1 atom stereocenters. The molecular weight excluding hydrogens is 200 g/mol. The zero-order valence-electron chi connectivity index (χ0n) is 11.1. The van der Waals surface area contributed by atoms with E-state index in [-0.39, 0.29) is 5.41 Å². The number of aromatic nitrogens is 3. The molecule has 0 radical (unpaired) electrons. The zero-order chi connectivity index (χ0) is 12.3. The Labute approximate surface area is 98.2 Å². The monoisotopic (exact) mass is 224 g/mol. The summed E-state index contributed by atoms with van der Waals surface area (Å²) in [5.74, 6) is 1.48. The van der Waals surface area contributed by atoms with Gasteiger partial charge < -0.3 is 5.73 Å². The molecule has 0 aliphatic rings. The highest BCUT2D eigenvalue weighted by molar-refractivity contribution is 4.92. The van der Waals surface area contributed by atoms with E-state index in [1.165, 1.54) is 0 Å². The van der Waals surface area contributed by atoms with Crippen molar-refractivity contribution in [1.82, 2.24) is 14.8 Å². The molecule has 0 fully saturated rings. The van der Waals surface area contributed by atoms with Gasteiger partial charge in [-0.1, -0.05) is 20.8 Å². The van der Waals surface area contributed by atoms with Crippen LogP contribution in [0.15, 0.2) is 6.33 Å². The van der Waals surface area contributed by atoms with Gasteiger partial charge in [0, 0.05) is 12.5 Å². The van der Waals surface area contributed by atoms with Gasteiger partial charge in [0.25, 0.3) is 0 Å². The summed E-state index contributed by atoms with van der Waals surface area (Å²) in [5, 5.41) is 4.25. The van der Waals surface area contributed by atoms with Crippen molar-refractivity contribution >= 4 is 0 Å². The van der Waals surface area contributed by atoms with E-state index in [2.05, 4.69) is 44.7 Å². The molecule has 16 heavy (non-hydrogen) atoms. The molecule has 2 N–H and O–H groups in total. The second-order valence-electron chi connectivity index (χ2n) is 5.72. The van der Waals surface area contributed by atoms with Crippen LogP contribution < -0.4 is 5.73 Å². The van der Waals surface area contributed by atoms with Crippen LogP contribution in [0, 0.1) is 11.3 Å². The van der Waals surface area contributed by atoms with Crippen LogP contribution in [0.4, 0.5) is 0 Å². The molecule has 0 saturated carbocycles. The number of nitrogens with zero attached hydrogens (tertiary/aromatic N) is 3. The van der Waals surface area contributed by atoms with Crippen molar-refractivity contribution in [3.8, 4) is 0 Å². The van der Waals surface area contributed by atoms with Crippen LogP contribution in [0.2, 0.25) is 0 Å². The summed E-state index contributed by atoms with van der Waals surface area (Å²) < 4.78 is 1.98. The Balaban J connectivity index is 2.82. The number of rotatable bonds is 4. The Hall–Kier alpha value is -0.900. The van der Waals surface area contributed by atoms with Crippen molar-refractivity contribution in [1.29, 1.82) is 0 Å². The minimum Gasteiger partial charge on any atom is -0.330 e. The molecule has 1 aromatic heterocycles. The Kier molecular flexibility index (Phi) is 4.08. The predicted molar refractivity (Wildman–Crippen MR) is 66.1 cm³/mol. The zero-order valence-corrected chi connectivity index (χ0v) is 11.1. The van der Waals surface area contributed by atoms with Gasteiger partial charge in [-0.25, -0.2) is 9.67 Å². The highest BCUT2D eigenvalue weighted by Crippen LogP contribution is 2.28. The van der Waals surface area contributed by atoms with Crippen molar-refractivity contribution in [2.45, 2.75) is 47.1 Å². The molecule has 4 nitrogen and oxygen atoms in total. The smallest absolute Gasteiger partial charge is 0.138 e. The summed E-state index contributed by atoms with van der Waals surface area (Å²) in [6.07, 6.45) is 2.53. The quantitative estimate of drug-likeness (QED) is 0.851. The minimum atomic E-state index is 0.211. The molecule has 0 aliphatic carbocycles. The largest absolute Gasteiger partial charge is 0.330 e. The molecule has 0 spiro atoms. The molecular formula is C12H24N4.